The number of aryl methyl sites for hydroxylation is 1. The first kappa shape index (κ1) is 15.8. The first-order chi connectivity index (χ1) is 12.1. The maximum atomic E-state index is 12.2. The van der Waals surface area contributed by atoms with Crippen molar-refractivity contribution in [2.24, 2.45) is 0 Å². The number of hydrogen-bond donors (Lipinski definition) is 1. The number of halogens is 1. The van der Waals surface area contributed by atoms with Crippen LogP contribution in [0, 0.1) is 6.92 Å². The van der Waals surface area contributed by atoms with Crippen LogP contribution in [0.2, 0.25) is 5.02 Å². The van der Waals surface area contributed by atoms with E-state index in [0.717, 1.165) is 11.1 Å². The summed E-state index contributed by atoms with van der Waals surface area (Å²) in [5.74, 6) is 0. The fourth-order valence-corrected chi connectivity index (χ4v) is 3.33. The van der Waals surface area contributed by atoms with Crippen molar-refractivity contribution in [3.63, 3.8) is 0 Å². The van der Waals surface area contributed by atoms with Crippen LogP contribution in [0.1, 0.15) is 5.56 Å². The number of rotatable bonds is 3. The summed E-state index contributed by atoms with van der Waals surface area (Å²) in [6.45, 7) is 2.03. The highest BCUT2D eigenvalue weighted by Gasteiger charge is 2.13. The third-order valence-corrected chi connectivity index (χ3v) is 4.76. The second-order valence-corrected chi connectivity index (χ2v) is 6.95. The van der Waals surface area contributed by atoms with Crippen molar-refractivity contribution in [3.05, 3.63) is 69.5 Å². The fourth-order valence-electron chi connectivity index (χ4n) is 2.39. The van der Waals surface area contributed by atoms with Crippen LogP contribution < -0.4 is 10.9 Å². The molecule has 1 N–H and O–H groups in total. The number of aromatic nitrogens is 2. The number of nitrogens with one attached hydrogen (secondary N) is 1. The van der Waals surface area contributed by atoms with E-state index in [9.17, 15) is 4.79 Å². The van der Waals surface area contributed by atoms with E-state index in [1.165, 1.54) is 16.9 Å². The van der Waals surface area contributed by atoms with Gasteiger partial charge in [-0.1, -0.05) is 40.6 Å². The van der Waals surface area contributed by atoms with Crippen LogP contribution in [0.25, 0.3) is 21.5 Å². The lowest BCUT2D eigenvalue weighted by Crippen LogP contribution is -2.02. The molecule has 124 valence electrons. The molecule has 0 aliphatic heterocycles. The first-order valence-corrected chi connectivity index (χ1v) is 8.69. The van der Waals surface area contributed by atoms with E-state index in [4.69, 9.17) is 16.0 Å². The normalized spacial score (nSPS) is 11.0. The van der Waals surface area contributed by atoms with Gasteiger partial charge in [0.25, 0.3) is 0 Å². The Hall–Kier alpha value is -2.70. The second-order valence-electron chi connectivity index (χ2n) is 5.53. The molecular formula is C18H12ClN3O2S. The highest BCUT2D eigenvalue weighted by Crippen LogP contribution is 2.29. The van der Waals surface area contributed by atoms with Crippen molar-refractivity contribution < 1.29 is 4.42 Å². The fraction of sp³-hybridized carbons (Fsp3) is 0.0556. The minimum atomic E-state index is -0.451. The van der Waals surface area contributed by atoms with E-state index < -0.39 is 5.63 Å². The largest absolute Gasteiger partial charge is 0.422 e. The standard InChI is InChI=1S/C18H12ClN3O2S/c1-10-2-5-13(6-3-10)20-18-22-21-16(25-18)14-9-11-8-12(19)4-7-15(11)24-17(14)23/h2-9H,1H3,(H,20,22). The van der Waals surface area contributed by atoms with Crippen LogP contribution in [-0.2, 0) is 0 Å². The summed E-state index contributed by atoms with van der Waals surface area (Å²) in [5.41, 5.74) is 2.49. The van der Waals surface area contributed by atoms with Gasteiger partial charge in [0.15, 0.2) is 5.01 Å². The molecule has 25 heavy (non-hydrogen) atoms. The lowest BCUT2D eigenvalue weighted by atomic mass is 10.2. The van der Waals surface area contributed by atoms with Crippen molar-refractivity contribution in [2.45, 2.75) is 6.92 Å². The molecule has 7 heteroatoms. The van der Waals surface area contributed by atoms with E-state index in [2.05, 4.69) is 15.5 Å². The summed E-state index contributed by atoms with van der Waals surface area (Å²) in [7, 11) is 0. The van der Waals surface area contributed by atoms with Crippen molar-refractivity contribution in [3.8, 4) is 10.6 Å². The Bertz CT molecular complexity index is 1120. The molecule has 0 saturated carbocycles. The number of anilines is 2. The van der Waals surface area contributed by atoms with E-state index in [1.54, 1.807) is 24.3 Å². The molecule has 0 saturated heterocycles. The third-order valence-electron chi connectivity index (χ3n) is 3.65. The summed E-state index contributed by atoms with van der Waals surface area (Å²) >= 11 is 7.29. The van der Waals surface area contributed by atoms with Crippen LogP contribution in [-0.4, -0.2) is 10.2 Å². The molecule has 0 bridgehead atoms. The minimum absolute atomic E-state index is 0.365. The Morgan fingerprint density at radius 1 is 1.08 bits per heavy atom. The van der Waals surface area contributed by atoms with Gasteiger partial charge in [0, 0.05) is 16.1 Å². The summed E-state index contributed by atoms with van der Waals surface area (Å²) in [6, 6.07) is 14.8. The molecule has 0 aliphatic carbocycles. The van der Waals surface area contributed by atoms with Gasteiger partial charge in [-0.15, -0.1) is 10.2 Å². The Kier molecular flexibility index (Phi) is 3.99. The maximum Gasteiger partial charge on any atom is 0.346 e. The average molecular weight is 370 g/mol. The molecule has 2 heterocycles. The van der Waals surface area contributed by atoms with Gasteiger partial charge >= 0.3 is 5.63 Å². The molecular weight excluding hydrogens is 358 g/mol. The van der Waals surface area contributed by atoms with E-state index in [0.29, 0.717) is 26.3 Å². The first-order valence-electron chi connectivity index (χ1n) is 7.49. The topological polar surface area (TPSA) is 68.0 Å². The molecule has 2 aromatic carbocycles. The smallest absolute Gasteiger partial charge is 0.346 e. The van der Waals surface area contributed by atoms with Crippen molar-refractivity contribution in [2.75, 3.05) is 5.32 Å². The van der Waals surface area contributed by atoms with Gasteiger partial charge in [0.05, 0.1) is 5.56 Å². The minimum Gasteiger partial charge on any atom is -0.422 e. The van der Waals surface area contributed by atoms with E-state index in [-0.39, 0.29) is 0 Å². The molecule has 0 fully saturated rings. The summed E-state index contributed by atoms with van der Waals surface area (Å²) in [4.78, 5) is 12.2. The molecule has 5 nitrogen and oxygen atoms in total. The Labute approximate surface area is 151 Å². The zero-order valence-electron chi connectivity index (χ0n) is 13.1. The Morgan fingerprint density at radius 2 is 1.88 bits per heavy atom. The van der Waals surface area contributed by atoms with Gasteiger partial charge in [0.1, 0.15) is 5.58 Å². The number of nitrogens with zero attached hydrogens (tertiary/aromatic N) is 2. The van der Waals surface area contributed by atoms with Gasteiger partial charge < -0.3 is 9.73 Å². The van der Waals surface area contributed by atoms with Gasteiger partial charge in [-0.25, -0.2) is 4.79 Å². The molecule has 0 unspecified atom stereocenters. The van der Waals surface area contributed by atoms with E-state index >= 15 is 0 Å². The summed E-state index contributed by atoms with van der Waals surface area (Å²) in [5, 5.41) is 13.8. The van der Waals surface area contributed by atoms with Gasteiger partial charge in [0.2, 0.25) is 5.13 Å². The lowest BCUT2D eigenvalue weighted by molar-refractivity contribution is 0.563. The zero-order chi connectivity index (χ0) is 17.4. The van der Waals surface area contributed by atoms with Crippen LogP contribution in [0.15, 0.2) is 57.7 Å². The van der Waals surface area contributed by atoms with Crippen molar-refractivity contribution in [1.29, 1.82) is 0 Å². The number of benzene rings is 2. The molecule has 2 aromatic heterocycles. The van der Waals surface area contributed by atoms with E-state index in [1.807, 2.05) is 31.2 Å². The van der Waals surface area contributed by atoms with Gasteiger partial charge in [-0.2, -0.15) is 0 Å². The lowest BCUT2D eigenvalue weighted by Gasteiger charge is -2.01. The van der Waals surface area contributed by atoms with Crippen LogP contribution in [0.3, 0.4) is 0 Å². The van der Waals surface area contributed by atoms with Crippen LogP contribution in [0.5, 0.6) is 0 Å². The Balaban J connectivity index is 1.69. The summed E-state index contributed by atoms with van der Waals surface area (Å²) < 4.78 is 5.35. The molecule has 0 aliphatic rings. The predicted octanol–water partition coefficient (Wildman–Crippen LogP) is 5.02. The second kappa shape index (κ2) is 6.31. The monoisotopic (exact) mass is 369 g/mol. The quantitative estimate of drug-likeness (QED) is 0.514. The third kappa shape index (κ3) is 3.26. The maximum absolute atomic E-state index is 12.2. The molecule has 0 amide bonds. The van der Waals surface area contributed by atoms with Crippen molar-refractivity contribution >= 4 is 44.7 Å². The number of hydrogen-bond acceptors (Lipinski definition) is 6. The van der Waals surface area contributed by atoms with Crippen LogP contribution >= 0.6 is 22.9 Å². The molecule has 4 rings (SSSR count). The molecule has 0 atom stereocenters. The highest BCUT2D eigenvalue weighted by atomic mass is 35.5. The number of fused-ring (bicyclic) bond motifs is 1. The van der Waals surface area contributed by atoms with Gasteiger partial charge in [-0.05, 0) is 43.3 Å². The molecule has 0 spiro atoms. The zero-order valence-corrected chi connectivity index (χ0v) is 14.7. The highest BCUT2D eigenvalue weighted by molar-refractivity contribution is 7.18. The molecule has 4 aromatic rings. The predicted molar refractivity (Wildman–Crippen MR) is 101 cm³/mol. The molecule has 0 radical (unpaired) electrons. The Morgan fingerprint density at radius 3 is 2.68 bits per heavy atom. The summed E-state index contributed by atoms with van der Waals surface area (Å²) in [6.07, 6.45) is 0. The van der Waals surface area contributed by atoms with Crippen LogP contribution in [0.4, 0.5) is 10.8 Å². The SMILES string of the molecule is Cc1ccc(Nc2nnc(-c3cc4cc(Cl)ccc4oc3=O)s2)cc1. The average Bonchev–Trinajstić information content (AvgIpc) is 3.05. The van der Waals surface area contributed by atoms with Gasteiger partial charge in [-0.3, -0.25) is 0 Å². The van der Waals surface area contributed by atoms with Crippen molar-refractivity contribution in [1.82, 2.24) is 10.2 Å².